The van der Waals surface area contributed by atoms with Crippen LogP contribution in [-0.4, -0.2) is 13.4 Å². The van der Waals surface area contributed by atoms with Crippen LogP contribution in [0.15, 0.2) is 70.6 Å². The first-order chi connectivity index (χ1) is 12.8. The minimum absolute atomic E-state index is 0.0755. The van der Waals surface area contributed by atoms with E-state index in [1.165, 1.54) is 24.4 Å². The zero-order valence-electron chi connectivity index (χ0n) is 13.6. The molecule has 4 aromatic rings. The zero-order chi connectivity index (χ0) is 19.0. The molecule has 2 heterocycles. The number of rotatable bonds is 0. The molecular formula is C20H10F3NO2S. The molecular weight excluding hydrogens is 375 g/mol. The fourth-order valence-corrected chi connectivity index (χ4v) is 5.38. The van der Waals surface area contributed by atoms with E-state index in [1.807, 2.05) is 0 Å². The number of benzene rings is 3. The summed E-state index contributed by atoms with van der Waals surface area (Å²) in [5.74, 6) is 0. The summed E-state index contributed by atoms with van der Waals surface area (Å²) in [6.45, 7) is 0. The van der Waals surface area contributed by atoms with Crippen LogP contribution in [0.1, 0.15) is 5.56 Å². The third-order valence-corrected chi connectivity index (χ3v) is 6.71. The van der Waals surface area contributed by atoms with E-state index in [0.29, 0.717) is 32.8 Å². The summed E-state index contributed by atoms with van der Waals surface area (Å²) in [5, 5.41) is 1.59. The Bertz CT molecular complexity index is 1380. The molecule has 0 spiro atoms. The van der Waals surface area contributed by atoms with Crippen molar-refractivity contribution >= 4 is 31.4 Å². The van der Waals surface area contributed by atoms with Gasteiger partial charge in [-0.2, -0.15) is 13.2 Å². The Balaban J connectivity index is 2.02. The van der Waals surface area contributed by atoms with Crippen LogP contribution in [0.25, 0.3) is 32.8 Å². The fraction of sp³-hybridized carbons (Fsp3) is 0.0500. The Morgan fingerprint density at radius 3 is 2.41 bits per heavy atom. The molecule has 0 bridgehead atoms. The van der Waals surface area contributed by atoms with Crippen LogP contribution in [0, 0.1) is 0 Å². The van der Waals surface area contributed by atoms with Crippen molar-refractivity contribution in [3.63, 3.8) is 0 Å². The predicted octanol–water partition coefficient (Wildman–Crippen LogP) is 5.22. The van der Waals surface area contributed by atoms with Crippen molar-refractivity contribution in [3.05, 3.63) is 66.4 Å². The van der Waals surface area contributed by atoms with Gasteiger partial charge in [0.1, 0.15) is 0 Å². The molecule has 0 atom stereocenters. The van der Waals surface area contributed by atoms with Crippen LogP contribution in [0.5, 0.6) is 0 Å². The molecule has 0 saturated carbocycles. The standard InChI is InChI=1S/C20H10F3NO2S/c21-20(22,23)12-6-5-11-9-17-18-13(15(11)10-12)7-8-24-19(18)14-3-1-2-4-16(14)27(17,25)26/h1-10H. The molecule has 3 aromatic carbocycles. The summed E-state index contributed by atoms with van der Waals surface area (Å²) in [7, 11) is -3.80. The molecule has 1 aliphatic rings. The van der Waals surface area contributed by atoms with Crippen LogP contribution >= 0.6 is 0 Å². The van der Waals surface area contributed by atoms with Gasteiger partial charge in [-0.1, -0.05) is 24.3 Å². The lowest BCUT2D eigenvalue weighted by atomic mass is 9.97. The minimum atomic E-state index is -4.48. The van der Waals surface area contributed by atoms with Crippen molar-refractivity contribution in [2.45, 2.75) is 16.0 Å². The summed E-state index contributed by atoms with van der Waals surface area (Å²) in [6, 6.07) is 12.9. The van der Waals surface area contributed by atoms with Gasteiger partial charge in [0.05, 0.1) is 21.0 Å². The van der Waals surface area contributed by atoms with Crippen molar-refractivity contribution in [2.75, 3.05) is 0 Å². The highest BCUT2D eigenvalue weighted by atomic mass is 32.2. The average molecular weight is 385 g/mol. The van der Waals surface area contributed by atoms with E-state index in [4.69, 9.17) is 0 Å². The number of alkyl halides is 3. The predicted molar refractivity (Wildman–Crippen MR) is 95.1 cm³/mol. The maximum atomic E-state index is 13.2. The largest absolute Gasteiger partial charge is 0.416 e. The molecule has 1 aliphatic heterocycles. The molecule has 7 heteroatoms. The third-order valence-electron chi connectivity index (χ3n) is 4.88. The minimum Gasteiger partial charge on any atom is -0.255 e. The SMILES string of the molecule is O=S1(=O)c2ccccc2-c2nccc3c2c1cc1ccc(C(F)(F)F)cc13. The third kappa shape index (κ3) is 2.15. The van der Waals surface area contributed by atoms with Gasteiger partial charge in [-0.3, -0.25) is 4.98 Å². The van der Waals surface area contributed by atoms with Crippen LogP contribution in [0.4, 0.5) is 13.2 Å². The smallest absolute Gasteiger partial charge is 0.255 e. The van der Waals surface area contributed by atoms with Gasteiger partial charge in [-0.25, -0.2) is 8.42 Å². The Kier molecular flexibility index (Phi) is 3.05. The van der Waals surface area contributed by atoms with E-state index in [0.717, 1.165) is 12.1 Å². The molecule has 0 unspecified atom stereocenters. The van der Waals surface area contributed by atoms with Crippen molar-refractivity contribution in [2.24, 2.45) is 0 Å². The lowest BCUT2D eigenvalue weighted by Gasteiger charge is -2.21. The van der Waals surface area contributed by atoms with Crippen LogP contribution in [0.3, 0.4) is 0 Å². The second-order valence-corrected chi connectivity index (χ2v) is 8.28. The summed E-state index contributed by atoms with van der Waals surface area (Å²) < 4.78 is 65.8. The Labute approximate surface area is 152 Å². The Morgan fingerprint density at radius 1 is 0.852 bits per heavy atom. The number of nitrogens with zero attached hydrogens (tertiary/aromatic N) is 1. The van der Waals surface area contributed by atoms with Gasteiger partial charge >= 0.3 is 6.18 Å². The second-order valence-electron chi connectivity index (χ2n) is 6.39. The first-order valence-electron chi connectivity index (χ1n) is 8.06. The molecule has 0 fully saturated rings. The highest BCUT2D eigenvalue weighted by molar-refractivity contribution is 7.92. The molecule has 0 aliphatic carbocycles. The van der Waals surface area contributed by atoms with Gasteiger partial charge in [-0.05, 0) is 46.5 Å². The highest BCUT2D eigenvalue weighted by Crippen LogP contribution is 2.45. The van der Waals surface area contributed by atoms with Gasteiger partial charge in [0.2, 0.25) is 9.84 Å². The topological polar surface area (TPSA) is 47.0 Å². The van der Waals surface area contributed by atoms with E-state index in [9.17, 15) is 21.6 Å². The first kappa shape index (κ1) is 16.3. The molecule has 27 heavy (non-hydrogen) atoms. The molecule has 3 nitrogen and oxygen atoms in total. The van der Waals surface area contributed by atoms with Crippen LogP contribution in [0.2, 0.25) is 0 Å². The van der Waals surface area contributed by atoms with Crippen molar-refractivity contribution < 1.29 is 21.6 Å². The van der Waals surface area contributed by atoms with Crippen LogP contribution in [-0.2, 0) is 16.0 Å². The number of halogens is 3. The number of sulfone groups is 1. The van der Waals surface area contributed by atoms with Gasteiger partial charge < -0.3 is 0 Å². The number of pyridine rings is 1. The van der Waals surface area contributed by atoms with Crippen molar-refractivity contribution in [1.29, 1.82) is 0 Å². The lowest BCUT2D eigenvalue weighted by molar-refractivity contribution is -0.137. The number of aromatic nitrogens is 1. The second kappa shape index (κ2) is 5.07. The van der Waals surface area contributed by atoms with E-state index < -0.39 is 21.6 Å². The maximum Gasteiger partial charge on any atom is 0.416 e. The highest BCUT2D eigenvalue weighted by Gasteiger charge is 2.34. The fourth-order valence-electron chi connectivity index (χ4n) is 3.67. The Hall–Kier alpha value is -2.93. The van der Waals surface area contributed by atoms with E-state index in [1.54, 1.807) is 24.3 Å². The molecule has 0 amide bonds. The van der Waals surface area contributed by atoms with E-state index >= 15 is 0 Å². The van der Waals surface area contributed by atoms with Crippen molar-refractivity contribution in [3.8, 4) is 11.3 Å². The number of fused-ring (bicyclic) bond motifs is 4. The van der Waals surface area contributed by atoms with Crippen LogP contribution < -0.4 is 0 Å². The average Bonchev–Trinajstić information content (AvgIpc) is 2.65. The number of hydrogen-bond acceptors (Lipinski definition) is 3. The summed E-state index contributed by atoms with van der Waals surface area (Å²) in [4.78, 5) is 4.57. The molecule has 0 saturated heterocycles. The van der Waals surface area contributed by atoms with E-state index in [2.05, 4.69) is 4.98 Å². The molecule has 0 radical (unpaired) electrons. The monoisotopic (exact) mass is 385 g/mol. The lowest BCUT2D eigenvalue weighted by Crippen LogP contribution is -2.11. The maximum absolute atomic E-state index is 13.2. The van der Waals surface area contributed by atoms with Crippen molar-refractivity contribution in [1.82, 2.24) is 4.98 Å². The normalized spacial score (nSPS) is 15.1. The molecule has 0 N–H and O–H groups in total. The quantitative estimate of drug-likeness (QED) is 0.343. The molecule has 1 aromatic heterocycles. The summed E-state index contributed by atoms with van der Waals surface area (Å²) in [6.07, 6.45) is -2.99. The van der Waals surface area contributed by atoms with Gasteiger partial charge in [0.15, 0.2) is 0 Å². The first-order valence-corrected chi connectivity index (χ1v) is 9.54. The molecule has 5 rings (SSSR count). The summed E-state index contributed by atoms with van der Waals surface area (Å²) >= 11 is 0. The zero-order valence-corrected chi connectivity index (χ0v) is 14.4. The Morgan fingerprint density at radius 2 is 1.63 bits per heavy atom. The number of hydrogen-bond donors (Lipinski definition) is 0. The van der Waals surface area contributed by atoms with Gasteiger partial charge in [-0.15, -0.1) is 0 Å². The summed E-state index contributed by atoms with van der Waals surface area (Å²) in [5.41, 5.74) is 0.150. The molecule has 134 valence electrons. The van der Waals surface area contributed by atoms with Gasteiger partial charge in [0.25, 0.3) is 0 Å². The van der Waals surface area contributed by atoms with E-state index in [-0.39, 0.29) is 9.79 Å². The van der Waals surface area contributed by atoms with Gasteiger partial charge in [0, 0.05) is 17.1 Å².